The van der Waals surface area contributed by atoms with Crippen LogP contribution in [0.25, 0.3) is 0 Å². The van der Waals surface area contributed by atoms with E-state index in [0.717, 1.165) is 4.31 Å². The third-order valence-corrected chi connectivity index (χ3v) is 5.37. The van der Waals surface area contributed by atoms with Crippen LogP contribution in [-0.2, 0) is 10.0 Å². The molecule has 1 aliphatic heterocycles. The highest BCUT2D eigenvalue weighted by atomic mass is 32.2. The van der Waals surface area contributed by atoms with Crippen LogP contribution in [0.4, 0.5) is 17.6 Å². The van der Waals surface area contributed by atoms with Crippen LogP contribution in [0.3, 0.4) is 0 Å². The molecule has 0 saturated carbocycles. The molecule has 2 N–H and O–H groups in total. The van der Waals surface area contributed by atoms with Crippen LogP contribution in [-0.4, -0.2) is 32.4 Å². The van der Waals surface area contributed by atoms with Gasteiger partial charge in [-0.05, 0) is 25.3 Å². The smallest absolute Gasteiger partial charge is 0.249 e. The fourth-order valence-electron chi connectivity index (χ4n) is 2.34. The van der Waals surface area contributed by atoms with E-state index in [-0.39, 0.29) is 31.6 Å². The number of hydrogen-bond acceptors (Lipinski definition) is 3. The molecule has 0 spiro atoms. The second-order valence-corrected chi connectivity index (χ2v) is 6.78. The first-order chi connectivity index (χ1) is 9.78. The first kappa shape index (κ1) is 16.2. The van der Waals surface area contributed by atoms with Crippen LogP contribution >= 0.6 is 0 Å². The molecule has 2 rings (SSSR count). The summed E-state index contributed by atoms with van der Waals surface area (Å²) in [6, 6.07) is -0.0252. The Morgan fingerprint density at radius 2 is 1.76 bits per heavy atom. The minimum Gasteiger partial charge on any atom is -0.330 e. The van der Waals surface area contributed by atoms with Crippen LogP contribution in [0.5, 0.6) is 0 Å². The van der Waals surface area contributed by atoms with Crippen molar-refractivity contribution in [3.8, 4) is 0 Å². The maximum Gasteiger partial charge on any atom is 0.249 e. The van der Waals surface area contributed by atoms with Gasteiger partial charge in [-0.1, -0.05) is 0 Å². The fraction of sp³-hybridized carbons (Fsp3) is 0.500. The summed E-state index contributed by atoms with van der Waals surface area (Å²) < 4.78 is 79.0. The number of hydrogen-bond donors (Lipinski definition) is 1. The maximum atomic E-state index is 13.7. The van der Waals surface area contributed by atoms with Gasteiger partial charge in [0.25, 0.3) is 0 Å². The highest BCUT2D eigenvalue weighted by Gasteiger charge is 2.36. The standard InChI is InChI=1S/C12H14F4N2O2S/c13-8-4-9(14)11(16)12(10(8)15)21(19,20)18-3-1-2-7(5-17)6-18/h4,7H,1-3,5-6,17H2. The first-order valence-corrected chi connectivity index (χ1v) is 7.76. The maximum absolute atomic E-state index is 13.7. The Hall–Kier alpha value is -1.19. The monoisotopic (exact) mass is 326 g/mol. The van der Waals surface area contributed by atoms with Gasteiger partial charge in [0, 0.05) is 19.2 Å². The van der Waals surface area contributed by atoms with E-state index in [4.69, 9.17) is 5.73 Å². The molecule has 1 fully saturated rings. The number of sulfonamides is 1. The van der Waals surface area contributed by atoms with Gasteiger partial charge in [0.2, 0.25) is 10.0 Å². The molecule has 0 amide bonds. The molecular weight excluding hydrogens is 312 g/mol. The molecule has 0 aliphatic carbocycles. The summed E-state index contributed by atoms with van der Waals surface area (Å²) in [6.07, 6.45) is 1.15. The van der Waals surface area contributed by atoms with E-state index < -0.39 is 38.2 Å². The number of halogens is 4. The van der Waals surface area contributed by atoms with Gasteiger partial charge in [0.1, 0.15) is 0 Å². The lowest BCUT2D eigenvalue weighted by Crippen LogP contribution is -2.42. The summed E-state index contributed by atoms with van der Waals surface area (Å²) in [4.78, 5) is -1.59. The van der Waals surface area contributed by atoms with Crippen molar-refractivity contribution in [3.63, 3.8) is 0 Å². The molecule has 1 aliphatic rings. The molecule has 0 aromatic heterocycles. The summed E-state index contributed by atoms with van der Waals surface area (Å²) in [5.74, 6) is -7.48. The largest absolute Gasteiger partial charge is 0.330 e. The molecule has 21 heavy (non-hydrogen) atoms. The average molecular weight is 326 g/mol. The minimum atomic E-state index is -4.66. The predicted molar refractivity (Wildman–Crippen MR) is 66.8 cm³/mol. The highest BCUT2D eigenvalue weighted by Crippen LogP contribution is 2.29. The van der Waals surface area contributed by atoms with Crippen molar-refractivity contribution in [1.29, 1.82) is 0 Å². The van der Waals surface area contributed by atoms with Gasteiger partial charge in [-0.3, -0.25) is 0 Å². The molecular formula is C12H14F4N2O2S. The van der Waals surface area contributed by atoms with Crippen molar-refractivity contribution in [3.05, 3.63) is 29.3 Å². The number of piperidine rings is 1. The van der Waals surface area contributed by atoms with Gasteiger partial charge in [0.15, 0.2) is 28.2 Å². The molecule has 1 atom stereocenters. The molecule has 118 valence electrons. The van der Waals surface area contributed by atoms with Crippen molar-refractivity contribution < 1.29 is 26.0 Å². The van der Waals surface area contributed by atoms with E-state index in [1.807, 2.05) is 0 Å². The Morgan fingerprint density at radius 1 is 1.19 bits per heavy atom. The van der Waals surface area contributed by atoms with Gasteiger partial charge >= 0.3 is 0 Å². The second kappa shape index (κ2) is 5.90. The Labute approximate surface area is 119 Å². The molecule has 0 bridgehead atoms. The van der Waals surface area contributed by atoms with Gasteiger partial charge in [-0.2, -0.15) is 4.31 Å². The lowest BCUT2D eigenvalue weighted by Gasteiger charge is -2.31. The predicted octanol–water partition coefficient (Wildman–Crippen LogP) is 1.60. The van der Waals surface area contributed by atoms with Crippen LogP contribution in [0.2, 0.25) is 0 Å². The second-order valence-electron chi connectivity index (χ2n) is 4.90. The third-order valence-electron chi connectivity index (χ3n) is 3.48. The Balaban J connectivity index is 2.50. The molecule has 1 heterocycles. The normalized spacial score (nSPS) is 20.7. The van der Waals surface area contributed by atoms with Crippen molar-refractivity contribution in [1.82, 2.24) is 4.31 Å². The first-order valence-electron chi connectivity index (χ1n) is 6.32. The number of benzene rings is 1. The zero-order valence-corrected chi connectivity index (χ0v) is 11.8. The molecule has 9 heteroatoms. The summed E-state index contributed by atoms with van der Waals surface area (Å²) >= 11 is 0. The average Bonchev–Trinajstić information content (AvgIpc) is 2.45. The van der Waals surface area contributed by atoms with Gasteiger partial charge < -0.3 is 5.73 Å². The lowest BCUT2D eigenvalue weighted by molar-refractivity contribution is 0.269. The molecule has 1 aromatic carbocycles. The molecule has 1 saturated heterocycles. The van der Waals surface area contributed by atoms with E-state index in [1.165, 1.54) is 0 Å². The fourth-order valence-corrected chi connectivity index (χ4v) is 4.03. The van der Waals surface area contributed by atoms with E-state index in [1.54, 1.807) is 0 Å². The summed E-state index contributed by atoms with van der Waals surface area (Å²) in [5, 5.41) is 0. The molecule has 1 aromatic rings. The Bertz CT molecular complexity index is 625. The van der Waals surface area contributed by atoms with Crippen LogP contribution in [0.1, 0.15) is 12.8 Å². The van der Waals surface area contributed by atoms with E-state index in [2.05, 4.69) is 0 Å². The van der Waals surface area contributed by atoms with Crippen molar-refractivity contribution in [2.45, 2.75) is 17.7 Å². The summed E-state index contributed by atoms with van der Waals surface area (Å²) in [7, 11) is -4.66. The van der Waals surface area contributed by atoms with Crippen LogP contribution in [0, 0.1) is 29.2 Å². The zero-order valence-electron chi connectivity index (χ0n) is 11.0. The SMILES string of the molecule is NCC1CCCN(S(=O)(=O)c2c(F)c(F)cc(F)c2F)C1. The van der Waals surface area contributed by atoms with Gasteiger partial charge in [-0.15, -0.1) is 0 Å². The highest BCUT2D eigenvalue weighted by molar-refractivity contribution is 7.89. The van der Waals surface area contributed by atoms with E-state index in [9.17, 15) is 26.0 Å². The number of nitrogens with zero attached hydrogens (tertiary/aromatic N) is 1. The van der Waals surface area contributed by atoms with Gasteiger partial charge in [0.05, 0.1) is 0 Å². The van der Waals surface area contributed by atoms with Crippen LogP contribution in [0.15, 0.2) is 11.0 Å². The van der Waals surface area contributed by atoms with Crippen molar-refractivity contribution in [2.75, 3.05) is 19.6 Å². The number of rotatable bonds is 3. The van der Waals surface area contributed by atoms with Gasteiger partial charge in [-0.25, -0.2) is 26.0 Å². The number of nitrogens with two attached hydrogens (primary N) is 1. The van der Waals surface area contributed by atoms with Crippen LogP contribution < -0.4 is 5.73 Å². The van der Waals surface area contributed by atoms with Crippen molar-refractivity contribution >= 4 is 10.0 Å². The van der Waals surface area contributed by atoms with E-state index >= 15 is 0 Å². The summed E-state index contributed by atoms with van der Waals surface area (Å²) in [6.45, 7) is 0.209. The Kier molecular flexibility index (Phi) is 4.54. The lowest BCUT2D eigenvalue weighted by atomic mass is 10.0. The Morgan fingerprint density at radius 3 is 2.29 bits per heavy atom. The topological polar surface area (TPSA) is 63.4 Å². The zero-order chi connectivity index (χ0) is 15.8. The van der Waals surface area contributed by atoms with E-state index in [0.29, 0.717) is 12.8 Å². The quantitative estimate of drug-likeness (QED) is 0.678. The van der Waals surface area contributed by atoms with Crippen molar-refractivity contribution in [2.24, 2.45) is 11.7 Å². The summed E-state index contributed by atoms with van der Waals surface area (Å²) in [5.41, 5.74) is 5.47. The molecule has 0 radical (unpaired) electrons. The minimum absolute atomic E-state index is 0.0237. The molecule has 4 nitrogen and oxygen atoms in total. The molecule has 1 unspecified atom stereocenters. The third kappa shape index (κ3) is 2.90.